The van der Waals surface area contributed by atoms with Crippen LogP contribution in [0.2, 0.25) is 0 Å². The minimum absolute atomic E-state index is 0.00223. The van der Waals surface area contributed by atoms with E-state index in [1.165, 1.54) is 0 Å². The van der Waals surface area contributed by atoms with Crippen molar-refractivity contribution in [2.24, 2.45) is 5.92 Å². The number of amides is 1. The molecule has 23 heavy (non-hydrogen) atoms. The van der Waals surface area contributed by atoms with Crippen LogP contribution in [0.5, 0.6) is 0 Å². The number of aliphatic hydroxyl groups is 1. The molecule has 1 saturated heterocycles. The second kappa shape index (κ2) is 7.88. The molecule has 1 aromatic rings. The van der Waals surface area contributed by atoms with Gasteiger partial charge in [-0.2, -0.15) is 11.8 Å². The summed E-state index contributed by atoms with van der Waals surface area (Å²) in [5.74, 6) is 1.50. The summed E-state index contributed by atoms with van der Waals surface area (Å²) in [5, 5.41) is 16.9. The van der Waals surface area contributed by atoms with Crippen molar-refractivity contribution in [3.63, 3.8) is 0 Å². The number of hydrogen-bond acceptors (Lipinski definition) is 4. The minimum atomic E-state index is -0.472. The number of fused-ring (bicyclic) bond motifs is 1. The maximum absolute atomic E-state index is 12.2. The number of alkyl halides is 1. The topological polar surface area (TPSA) is 61.4 Å². The molecule has 1 aliphatic carbocycles. The lowest BCUT2D eigenvalue weighted by atomic mass is 9.82. The van der Waals surface area contributed by atoms with Crippen LogP contribution in [-0.4, -0.2) is 40.1 Å². The van der Waals surface area contributed by atoms with Crippen molar-refractivity contribution in [2.45, 2.75) is 43.0 Å². The van der Waals surface area contributed by atoms with Crippen molar-refractivity contribution in [3.8, 4) is 0 Å². The van der Waals surface area contributed by atoms with Crippen LogP contribution in [0, 0.1) is 5.92 Å². The lowest BCUT2D eigenvalue weighted by Crippen LogP contribution is -2.63. The number of nitrogens with one attached hydrogen (secondary N) is 2. The van der Waals surface area contributed by atoms with Gasteiger partial charge >= 0.3 is 0 Å². The number of rotatable bonds is 5. The second-order valence-electron chi connectivity index (χ2n) is 6.32. The van der Waals surface area contributed by atoms with Crippen LogP contribution in [0.1, 0.15) is 30.9 Å². The first-order valence-electron chi connectivity index (χ1n) is 8.14. The molecule has 6 heteroatoms. The Hall–Kier alpha value is -0.750. The molecule has 3 N–H and O–H groups in total. The summed E-state index contributed by atoms with van der Waals surface area (Å²) in [4.78, 5) is 12.2. The fraction of sp³-hybridized carbons (Fsp3) is 0.588. The molecule has 0 bridgehead atoms. The van der Waals surface area contributed by atoms with Gasteiger partial charge < -0.3 is 10.4 Å². The fourth-order valence-electron chi connectivity index (χ4n) is 3.35. The van der Waals surface area contributed by atoms with E-state index in [2.05, 4.69) is 10.6 Å². The van der Waals surface area contributed by atoms with Gasteiger partial charge in [0.15, 0.2) is 0 Å². The summed E-state index contributed by atoms with van der Waals surface area (Å²) < 4.78 is 0. The van der Waals surface area contributed by atoms with Gasteiger partial charge in [-0.05, 0) is 24.8 Å². The Labute approximate surface area is 146 Å². The van der Waals surface area contributed by atoms with E-state index in [0.717, 1.165) is 30.6 Å². The van der Waals surface area contributed by atoms with Crippen LogP contribution in [0.15, 0.2) is 30.3 Å². The predicted molar refractivity (Wildman–Crippen MR) is 94.6 cm³/mol. The molecular weight excluding hydrogens is 332 g/mol. The van der Waals surface area contributed by atoms with Gasteiger partial charge in [-0.1, -0.05) is 30.3 Å². The third-order valence-corrected chi connectivity index (χ3v) is 6.12. The summed E-state index contributed by atoms with van der Waals surface area (Å²) in [5.41, 5.74) is 0.932. The van der Waals surface area contributed by atoms with Crippen molar-refractivity contribution < 1.29 is 9.90 Å². The second-order valence-corrected chi connectivity index (χ2v) is 8.01. The number of aliphatic hydroxyl groups excluding tert-OH is 1. The van der Waals surface area contributed by atoms with Crippen LogP contribution in [0.25, 0.3) is 0 Å². The van der Waals surface area contributed by atoms with Crippen molar-refractivity contribution in [1.82, 2.24) is 10.6 Å². The molecule has 0 spiro atoms. The third kappa shape index (κ3) is 4.41. The highest BCUT2D eigenvalue weighted by Gasteiger charge is 2.39. The van der Waals surface area contributed by atoms with E-state index in [0.29, 0.717) is 5.75 Å². The molecule has 1 saturated carbocycles. The van der Waals surface area contributed by atoms with Crippen LogP contribution >= 0.6 is 23.4 Å². The van der Waals surface area contributed by atoms with E-state index in [9.17, 15) is 9.90 Å². The third-order valence-electron chi connectivity index (χ3n) is 4.60. The van der Waals surface area contributed by atoms with Crippen LogP contribution in [-0.2, 0) is 4.79 Å². The number of hydrogen-bond donors (Lipinski definition) is 3. The largest absolute Gasteiger partial charge is 0.388 e. The van der Waals surface area contributed by atoms with Gasteiger partial charge in [0.1, 0.15) is 0 Å². The lowest BCUT2D eigenvalue weighted by Gasteiger charge is -2.41. The van der Waals surface area contributed by atoms with Gasteiger partial charge in [-0.15, -0.1) is 11.6 Å². The van der Waals surface area contributed by atoms with Crippen molar-refractivity contribution in [3.05, 3.63) is 35.9 Å². The Morgan fingerprint density at radius 1 is 1.30 bits per heavy atom. The Kier molecular flexibility index (Phi) is 5.85. The molecule has 1 heterocycles. The molecule has 0 aromatic heterocycles. The average molecular weight is 355 g/mol. The van der Waals surface area contributed by atoms with Gasteiger partial charge in [0.05, 0.1) is 18.2 Å². The van der Waals surface area contributed by atoms with E-state index in [4.69, 9.17) is 11.6 Å². The highest BCUT2D eigenvalue weighted by molar-refractivity contribution is 7.99. The highest BCUT2D eigenvalue weighted by atomic mass is 35.5. The Balaban J connectivity index is 1.45. The zero-order valence-corrected chi connectivity index (χ0v) is 14.5. The first-order valence-corrected chi connectivity index (χ1v) is 9.74. The van der Waals surface area contributed by atoms with Gasteiger partial charge in [-0.25, -0.2) is 0 Å². The number of carbonyl (C=O) groups excluding carboxylic acids is 1. The van der Waals surface area contributed by atoms with Gasteiger partial charge in [0.2, 0.25) is 5.91 Å². The lowest BCUT2D eigenvalue weighted by molar-refractivity contribution is -0.130. The van der Waals surface area contributed by atoms with E-state index in [-0.39, 0.29) is 29.4 Å². The smallest absolute Gasteiger partial charge is 0.225 e. The van der Waals surface area contributed by atoms with Crippen LogP contribution < -0.4 is 10.6 Å². The van der Waals surface area contributed by atoms with Gasteiger partial charge in [0.25, 0.3) is 0 Å². The molecule has 1 aliphatic heterocycles. The Bertz CT molecular complexity index is 531. The average Bonchev–Trinajstić information content (AvgIpc) is 2.56. The summed E-state index contributed by atoms with van der Waals surface area (Å²) in [7, 11) is 0. The fourth-order valence-corrected chi connectivity index (χ4v) is 4.63. The zero-order chi connectivity index (χ0) is 16.2. The first-order chi connectivity index (χ1) is 11.1. The molecule has 126 valence electrons. The first kappa shape index (κ1) is 17.1. The van der Waals surface area contributed by atoms with Crippen LogP contribution in [0.4, 0.5) is 0 Å². The normalized spacial score (nSPS) is 32.0. The van der Waals surface area contributed by atoms with Crippen LogP contribution in [0.3, 0.4) is 0 Å². The molecule has 4 nitrogen and oxygen atoms in total. The number of carbonyl (C=O) groups is 1. The molecule has 5 unspecified atom stereocenters. The standard InChI is InChI=1S/C17H23ClN2O2S/c18-12-6-7-14-13(8-12)17(22)20-16(19-14)10-23-9-15(21)11-4-2-1-3-5-11/h1-5,12-16,19,21H,6-10H2,(H,20,22). The number of halogens is 1. The van der Waals surface area contributed by atoms with E-state index < -0.39 is 6.10 Å². The zero-order valence-electron chi connectivity index (χ0n) is 13.0. The molecule has 5 atom stereocenters. The molecule has 2 fully saturated rings. The molecule has 3 rings (SSSR count). The minimum Gasteiger partial charge on any atom is -0.388 e. The molecule has 1 amide bonds. The number of benzene rings is 1. The highest BCUT2D eigenvalue weighted by Crippen LogP contribution is 2.31. The molecule has 1 aromatic carbocycles. The SMILES string of the molecule is O=C1NC(CSCC(O)c2ccccc2)NC2CCC(Cl)CC12. The van der Waals surface area contributed by atoms with Crippen molar-refractivity contribution in [2.75, 3.05) is 11.5 Å². The van der Waals surface area contributed by atoms with E-state index >= 15 is 0 Å². The summed E-state index contributed by atoms with van der Waals surface area (Å²) in [6.45, 7) is 0. The molecular formula is C17H23ClN2O2S. The quantitative estimate of drug-likeness (QED) is 0.710. The predicted octanol–water partition coefficient (Wildman–Crippen LogP) is 2.27. The summed E-state index contributed by atoms with van der Waals surface area (Å²) in [6, 6.07) is 9.90. The Morgan fingerprint density at radius 2 is 2.09 bits per heavy atom. The van der Waals surface area contributed by atoms with Gasteiger partial charge in [0, 0.05) is 22.9 Å². The maximum Gasteiger partial charge on any atom is 0.225 e. The van der Waals surface area contributed by atoms with Crippen molar-refractivity contribution >= 4 is 29.3 Å². The van der Waals surface area contributed by atoms with Crippen molar-refractivity contribution in [1.29, 1.82) is 0 Å². The monoisotopic (exact) mass is 354 g/mol. The molecule has 2 aliphatic rings. The van der Waals surface area contributed by atoms with E-state index in [1.807, 2.05) is 30.3 Å². The maximum atomic E-state index is 12.2. The number of thioether (sulfide) groups is 1. The molecule has 0 radical (unpaired) electrons. The summed E-state index contributed by atoms with van der Waals surface area (Å²) >= 11 is 7.83. The Morgan fingerprint density at radius 3 is 2.87 bits per heavy atom. The summed E-state index contributed by atoms with van der Waals surface area (Å²) in [6.07, 6.45) is 2.19. The van der Waals surface area contributed by atoms with Gasteiger partial charge in [-0.3, -0.25) is 10.1 Å². The van der Waals surface area contributed by atoms with E-state index in [1.54, 1.807) is 11.8 Å².